The molecule has 1 saturated heterocycles. The fourth-order valence-electron chi connectivity index (χ4n) is 2.29. The minimum Gasteiger partial charge on any atom is -0.317 e. The maximum absolute atomic E-state index is 14.2. The number of benzene rings is 1. The summed E-state index contributed by atoms with van der Waals surface area (Å²) in [6, 6.07) is 5.13. The van der Waals surface area contributed by atoms with E-state index in [9.17, 15) is 8.60 Å². The van der Waals surface area contributed by atoms with Gasteiger partial charge in [0.2, 0.25) is 0 Å². The van der Waals surface area contributed by atoms with Crippen molar-refractivity contribution in [2.45, 2.75) is 24.5 Å². The van der Waals surface area contributed by atoms with Crippen molar-refractivity contribution in [2.24, 2.45) is 0 Å². The summed E-state index contributed by atoms with van der Waals surface area (Å²) >= 11 is -1.99. The van der Waals surface area contributed by atoms with E-state index in [2.05, 4.69) is 5.32 Å². The Morgan fingerprint density at radius 2 is 2.12 bits per heavy atom. The molecule has 94 valence electrons. The second-order valence-corrected chi connectivity index (χ2v) is 5.24. The van der Waals surface area contributed by atoms with Gasteiger partial charge < -0.3 is 9.87 Å². The Balaban J connectivity index is 2.24. The van der Waals surface area contributed by atoms with E-state index in [0.29, 0.717) is 11.1 Å². The van der Waals surface area contributed by atoms with Gasteiger partial charge in [-0.1, -0.05) is 18.2 Å². The van der Waals surface area contributed by atoms with E-state index in [0.717, 1.165) is 25.9 Å². The molecular weight excluding hydrogens is 241 g/mol. The largest absolute Gasteiger partial charge is 0.317 e. The van der Waals surface area contributed by atoms with Gasteiger partial charge in [-0.25, -0.2) is 8.60 Å². The van der Waals surface area contributed by atoms with Crippen LogP contribution in [0.3, 0.4) is 0 Å². The summed E-state index contributed by atoms with van der Waals surface area (Å²) in [6.07, 6.45) is 1.84. The zero-order chi connectivity index (χ0) is 12.3. The third-order valence-corrected chi connectivity index (χ3v) is 3.72. The van der Waals surface area contributed by atoms with Crippen LogP contribution >= 0.6 is 0 Å². The quantitative estimate of drug-likeness (QED) is 0.814. The van der Waals surface area contributed by atoms with Crippen LogP contribution in [-0.2, 0) is 16.8 Å². The lowest BCUT2D eigenvalue weighted by Gasteiger charge is -2.23. The van der Waals surface area contributed by atoms with Gasteiger partial charge in [-0.3, -0.25) is 0 Å². The van der Waals surface area contributed by atoms with Crippen LogP contribution in [0.15, 0.2) is 18.2 Å². The van der Waals surface area contributed by atoms with Crippen molar-refractivity contribution in [2.75, 3.05) is 13.1 Å². The molecule has 5 heteroatoms. The first-order valence-corrected chi connectivity index (χ1v) is 7.01. The van der Waals surface area contributed by atoms with Crippen LogP contribution in [0.1, 0.15) is 29.9 Å². The second kappa shape index (κ2) is 5.71. The molecule has 0 aliphatic carbocycles. The van der Waals surface area contributed by atoms with Gasteiger partial charge in [0.25, 0.3) is 0 Å². The average molecular weight is 257 g/mol. The highest BCUT2D eigenvalue weighted by Gasteiger charge is 2.20. The number of halogens is 1. The predicted octanol–water partition coefficient (Wildman–Crippen LogP) is 2.01. The van der Waals surface area contributed by atoms with Crippen molar-refractivity contribution in [1.82, 2.24) is 5.32 Å². The van der Waals surface area contributed by atoms with Crippen LogP contribution in [0.4, 0.5) is 4.39 Å². The standard InChI is InChI=1S/C12H16FNO2S/c13-12-10(8-17(15)16)2-1-3-11(12)9-4-6-14-7-5-9/h1-3,9,14H,4-8H2,(H,15,16). The van der Waals surface area contributed by atoms with Crippen LogP contribution in [0.25, 0.3) is 0 Å². The fourth-order valence-corrected chi connectivity index (χ4v) is 2.78. The molecule has 2 rings (SSSR count). The average Bonchev–Trinajstić information content (AvgIpc) is 2.32. The van der Waals surface area contributed by atoms with Gasteiger partial charge >= 0.3 is 0 Å². The van der Waals surface area contributed by atoms with E-state index in [1.807, 2.05) is 0 Å². The second-order valence-electron chi connectivity index (χ2n) is 4.31. The third kappa shape index (κ3) is 3.12. The van der Waals surface area contributed by atoms with Crippen molar-refractivity contribution in [1.29, 1.82) is 0 Å². The van der Waals surface area contributed by atoms with Gasteiger partial charge in [0.15, 0.2) is 11.1 Å². The van der Waals surface area contributed by atoms with E-state index >= 15 is 0 Å². The van der Waals surface area contributed by atoms with Crippen molar-refractivity contribution < 1.29 is 13.2 Å². The Kier molecular flexibility index (Phi) is 4.25. The van der Waals surface area contributed by atoms with Crippen LogP contribution in [0, 0.1) is 5.82 Å². The molecular formula is C12H16FNO2S. The highest BCUT2D eigenvalue weighted by molar-refractivity contribution is 7.78. The van der Waals surface area contributed by atoms with E-state index in [4.69, 9.17) is 4.55 Å². The molecule has 0 radical (unpaired) electrons. The highest BCUT2D eigenvalue weighted by atomic mass is 32.2. The van der Waals surface area contributed by atoms with Crippen molar-refractivity contribution >= 4 is 11.1 Å². The van der Waals surface area contributed by atoms with E-state index in [-0.39, 0.29) is 17.5 Å². The molecule has 3 nitrogen and oxygen atoms in total. The maximum Gasteiger partial charge on any atom is 0.157 e. The summed E-state index contributed by atoms with van der Waals surface area (Å²) < 4.78 is 33.7. The van der Waals surface area contributed by atoms with Crippen LogP contribution in [0.2, 0.25) is 0 Å². The van der Waals surface area contributed by atoms with E-state index in [1.54, 1.807) is 18.2 Å². The molecule has 2 N–H and O–H groups in total. The van der Waals surface area contributed by atoms with Crippen LogP contribution in [-0.4, -0.2) is 21.9 Å². The monoisotopic (exact) mass is 257 g/mol. The van der Waals surface area contributed by atoms with Crippen molar-refractivity contribution in [3.8, 4) is 0 Å². The number of hydrogen-bond donors (Lipinski definition) is 2. The summed E-state index contributed by atoms with van der Waals surface area (Å²) in [4.78, 5) is 0. The fraction of sp³-hybridized carbons (Fsp3) is 0.500. The molecule has 1 aromatic carbocycles. The molecule has 0 amide bonds. The number of rotatable bonds is 3. The first-order valence-electron chi connectivity index (χ1n) is 5.74. The molecule has 0 bridgehead atoms. The van der Waals surface area contributed by atoms with Crippen LogP contribution < -0.4 is 5.32 Å². The lowest BCUT2D eigenvalue weighted by atomic mass is 9.89. The highest BCUT2D eigenvalue weighted by Crippen LogP contribution is 2.29. The Bertz CT molecular complexity index is 419. The maximum atomic E-state index is 14.2. The zero-order valence-electron chi connectivity index (χ0n) is 9.49. The Hall–Kier alpha value is -0.780. The summed E-state index contributed by atoms with van der Waals surface area (Å²) in [5, 5.41) is 3.24. The molecule has 1 aromatic rings. The van der Waals surface area contributed by atoms with Gasteiger partial charge in [-0.05, 0) is 37.4 Å². The minimum atomic E-state index is -1.99. The predicted molar refractivity (Wildman–Crippen MR) is 65.7 cm³/mol. The summed E-state index contributed by atoms with van der Waals surface area (Å²) in [6.45, 7) is 1.81. The molecule has 0 aromatic heterocycles. The van der Waals surface area contributed by atoms with Gasteiger partial charge in [0.1, 0.15) is 5.82 Å². The topological polar surface area (TPSA) is 49.3 Å². The molecule has 1 atom stereocenters. The Labute approximate surface area is 103 Å². The van der Waals surface area contributed by atoms with Gasteiger partial charge in [-0.2, -0.15) is 0 Å². The summed E-state index contributed by atoms with van der Waals surface area (Å²) in [5.74, 6) is -0.213. The zero-order valence-corrected chi connectivity index (χ0v) is 10.3. The molecule has 1 fully saturated rings. The minimum absolute atomic E-state index is 0.134. The Morgan fingerprint density at radius 1 is 1.41 bits per heavy atom. The molecule has 0 saturated carbocycles. The van der Waals surface area contributed by atoms with Gasteiger partial charge in [-0.15, -0.1) is 0 Å². The summed E-state index contributed by atoms with van der Waals surface area (Å²) in [7, 11) is 0. The third-order valence-electron chi connectivity index (χ3n) is 3.17. The molecule has 1 aliphatic heterocycles. The smallest absolute Gasteiger partial charge is 0.157 e. The number of piperidine rings is 1. The molecule has 1 aliphatic rings. The van der Waals surface area contributed by atoms with Crippen molar-refractivity contribution in [3.05, 3.63) is 35.1 Å². The van der Waals surface area contributed by atoms with E-state index < -0.39 is 11.1 Å². The van der Waals surface area contributed by atoms with Gasteiger partial charge in [0, 0.05) is 5.56 Å². The number of hydrogen-bond acceptors (Lipinski definition) is 2. The first-order chi connectivity index (χ1) is 8.18. The SMILES string of the molecule is O=S(O)Cc1cccc(C2CCNCC2)c1F. The van der Waals surface area contributed by atoms with Crippen LogP contribution in [0.5, 0.6) is 0 Å². The summed E-state index contributed by atoms with van der Waals surface area (Å²) in [5.41, 5.74) is 1.02. The molecule has 1 unspecified atom stereocenters. The van der Waals surface area contributed by atoms with Crippen molar-refractivity contribution in [3.63, 3.8) is 0 Å². The first kappa shape index (κ1) is 12.7. The lowest BCUT2D eigenvalue weighted by Crippen LogP contribution is -2.27. The normalized spacial score (nSPS) is 19.2. The van der Waals surface area contributed by atoms with Gasteiger partial charge in [0.05, 0.1) is 5.75 Å². The number of nitrogens with one attached hydrogen (secondary N) is 1. The molecule has 0 spiro atoms. The molecule has 1 heterocycles. The van der Waals surface area contributed by atoms with E-state index in [1.165, 1.54) is 0 Å². The lowest BCUT2D eigenvalue weighted by molar-refractivity contribution is 0.443. The Morgan fingerprint density at radius 3 is 2.76 bits per heavy atom. The molecule has 17 heavy (non-hydrogen) atoms.